The number of hydrogen-bond acceptors (Lipinski definition) is 2. The van der Waals surface area contributed by atoms with Gasteiger partial charge < -0.3 is 15.3 Å². The first-order valence-corrected chi connectivity index (χ1v) is 6.93. The van der Waals surface area contributed by atoms with Crippen LogP contribution in [0.3, 0.4) is 0 Å². The van der Waals surface area contributed by atoms with E-state index in [-0.39, 0.29) is 12.6 Å². The zero-order valence-corrected chi connectivity index (χ0v) is 11.7. The topological polar surface area (TPSA) is 35.5 Å². The van der Waals surface area contributed by atoms with E-state index in [1.54, 1.807) is 0 Å². The number of halogens is 1. The number of likely N-dealkylation sites (tertiary alicyclic amines) is 1. The second-order valence-electron chi connectivity index (χ2n) is 4.47. The van der Waals surface area contributed by atoms with E-state index in [4.69, 9.17) is 23.8 Å². The van der Waals surface area contributed by atoms with Crippen LogP contribution in [0.1, 0.15) is 19.3 Å². The second kappa shape index (κ2) is 6.36. The van der Waals surface area contributed by atoms with E-state index >= 15 is 0 Å². The van der Waals surface area contributed by atoms with Gasteiger partial charge in [-0.2, -0.15) is 0 Å². The number of hydrogen-bond donors (Lipinski definition) is 2. The highest BCUT2D eigenvalue weighted by molar-refractivity contribution is 7.80. The van der Waals surface area contributed by atoms with Crippen LogP contribution in [0.15, 0.2) is 24.3 Å². The summed E-state index contributed by atoms with van der Waals surface area (Å²) in [5.41, 5.74) is 0.884. The number of nitrogens with zero attached hydrogens (tertiary/aromatic N) is 1. The maximum atomic E-state index is 9.37. The molecule has 98 valence electrons. The third kappa shape index (κ3) is 3.34. The van der Waals surface area contributed by atoms with Gasteiger partial charge in [0.05, 0.1) is 12.6 Å². The lowest BCUT2D eigenvalue weighted by Gasteiger charge is -2.36. The highest BCUT2D eigenvalue weighted by atomic mass is 35.5. The zero-order valence-electron chi connectivity index (χ0n) is 10.1. The van der Waals surface area contributed by atoms with Crippen LogP contribution in [-0.2, 0) is 0 Å². The second-order valence-corrected chi connectivity index (χ2v) is 5.29. The normalized spacial score (nSPS) is 19.7. The highest BCUT2D eigenvalue weighted by Gasteiger charge is 2.23. The fourth-order valence-corrected chi connectivity index (χ4v) is 2.77. The van der Waals surface area contributed by atoms with Gasteiger partial charge in [0.25, 0.3) is 0 Å². The van der Waals surface area contributed by atoms with Crippen molar-refractivity contribution in [1.29, 1.82) is 0 Å². The Hall–Kier alpha value is -0.840. The Balaban J connectivity index is 2.02. The van der Waals surface area contributed by atoms with Gasteiger partial charge in [-0.05, 0) is 49.7 Å². The van der Waals surface area contributed by atoms with Gasteiger partial charge in [-0.15, -0.1) is 0 Å². The number of piperidine rings is 1. The number of anilines is 1. The molecule has 1 unspecified atom stereocenters. The van der Waals surface area contributed by atoms with Crippen molar-refractivity contribution in [2.24, 2.45) is 0 Å². The van der Waals surface area contributed by atoms with Gasteiger partial charge in [-0.3, -0.25) is 0 Å². The molecule has 1 heterocycles. The van der Waals surface area contributed by atoms with Gasteiger partial charge in [-0.1, -0.05) is 17.7 Å². The molecule has 5 heteroatoms. The molecular formula is C13H17ClN2OS. The smallest absolute Gasteiger partial charge is 0.173 e. The first kappa shape index (κ1) is 13.6. The largest absolute Gasteiger partial charge is 0.394 e. The molecule has 0 bridgehead atoms. The Morgan fingerprint density at radius 1 is 1.50 bits per heavy atom. The molecule has 0 aromatic heterocycles. The molecule has 1 fully saturated rings. The van der Waals surface area contributed by atoms with Crippen molar-refractivity contribution in [1.82, 2.24) is 4.90 Å². The Labute approximate surface area is 118 Å². The standard InChI is InChI=1S/C13H17ClN2OS/c14-10-4-3-5-11(8-10)15-13(18)16-7-2-1-6-12(16)9-17/h3-5,8,12,17H,1-2,6-7,9H2,(H,15,18). The van der Waals surface area contributed by atoms with Gasteiger partial charge in [0.1, 0.15) is 0 Å². The molecule has 2 N–H and O–H groups in total. The van der Waals surface area contributed by atoms with Gasteiger partial charge in [0, 0.05) is 17.3 Å². The minimum atomic E-state index is 0.137. The van der Waals surface area contributed by atoms with Crippen molar-refractivity contribution in [3.05, 3.63) is 29.3 Å². The predicted octanol–water partition coefficient (Wildman–Crippen LogP) is 2.88. The number of benzene rings is 1. The van der Waals surface area contributed by atoms with Crippen LogP contribution in [0.4, 0.5) is 5.69 Å². The van der Waals surface area contributed by atoms with Crippen LogP contribution in [0, 0.1) is 0 Å². The lowest BCUT2D eigenvalue weighted by atomic mass is 10.0. The molecule has 2 rings (SSSR count). The summed E-state index contributed by atoms with van der Waals surface area (Å²) in [5, 5.41) is 13.9. The fraction of sp³-hybridized carbons (Fsp3) is 0.462. The van der Waals surface area contributed by atoms with E-state index in [0.717, 1.165) is 31.5 Å². The predicted molar refractivity (Wildman–Crippen MR) is 79.1 cm³/mol. The quantitative estimate of drug-likeness (QED) is 0.819. The maximum Gasteiger partial charge on any atom is 0.173 e. The zero-order chi connectivity index (χ0) is 13.0. The Morgan fingerprint density at radius 2 is 2.33 bits per heavy atom. The van der Waals surface area contributed by atoms with Crippen molar-refractivity contribution < 1.29 is 5.11 Å². The molecule has 18 heavy (non-hydrogen) atoms. The summed E-state index contributed by atoms with van der Waals surface area (Å²) in [6.45, 7) is 1.05. The van der Waals surface area contributed by atoms with Crippen LogP contribution in [0.25, 0.3) is 0 Å². The molecule has 1 aromatic carbocycles. The molecule has 0 spiro atoms. The van der Waals surface area contributed by atoms with Crippen LogP contribution >= 0.6 is 23.8 Å². The van der Waals surface area contributed by atoms with Gasteiger partial charge >= 0.3 is 0 Å². The number of aliphatic hydroxyl groups is 1. The van der Waals surface area contributed by atoms with Crippen molar-refractivity contribution in [2.45, 2.75) is 25.3 Å². The monoisotopic (exact) mass is 284 g/mol. The van der Waals surface area contributed by atoms with E-state index in [1.807, 2.05) is 24.3 Å². The minimum Gasteiger partial charge on any atom is -0.394 e. The molecule has 1 aliphatic rings. The van der Waals surface area contributed by atoms with Crippen molar-refractivity contribution >= 4 is 34.6 Å². The average Bonchev–Trinajstić information content (AvgIpc) is 2.38. The van der Waals surface area contributed by atoms with Crippen LogP contribution in [-0.4, -0.2) is 34.3 Å². The Bertz CT molecular complexity index is 427. The van der Waals surface area contributed by atoms with E-state index in [2.05, 4.69) is 10.2 Å². The molecular weight excluding hydrogens is 268 g/mol. The van der Waals surface area contributed by atoms with E-state index in [9.17, 15) is 5.11 Å². The summed E-state index contributed by atoms with van der Waals surface area (Å²) >= 11 is 11.3. The molecule has 0 amide bonds. The van der Waals surface area contributed by atoms with Crippen molar-refractivity contribution in [3.63, 3.8) is 0 Å². The molecule has 0 aliphatic carbocycles. The van der Waals surface area contributed by atoms with E-state index in [0.29, 0.717) is 10.1 Å². The SMILES string of the molecule is OCC1CCCCN1C(=S)Nc1cccc(Cl)c1. The van der Waals surface area contributed by atoms with Crippen LogP contribution in [0.5, 0.6) is 0 Å². The Kier molecular flexibility index (Phi) is 4.80. The maximum absolute atomic E-state index is 9.37. The number of thiocarbonyl (C=S) groups is 1. The molecule has 3 nitrogen and oxygen atoms in total. The first-order valence-electron chi connectivity index (χ1n) is 6.15. The first-order chi connectivity index (χ1) is 8.70. The lowest BCUT2D eigenvalue weighted by Crippen LogP contribution is -2.47. The summed E-state index contributed by atoms with van der Waals surface area (Å²) in [6.07, 6.45) is 3.27. The number of rotatable bonds is 2. The summed E-state index contributed by atoms with van der Waals surface area (Å²) in [6, 6.07) is 7.61. The average molecular weight is 285 g/mol. The summed E-state index contributed by atoms with van der Waals surface area (Å²) in [5.74, 6) is 0. The molecule has 1 saturated heterocycles. The molecule has 1 atom stereocenters. The number of nitrogens with one attached hydrogen (secondary N) is 1. The van der Waals surface area contributed by atoms with Gasteiger partial charge in [0.15, 0.2) is 5.11 Å². The summed E-state index contributed by atoms with van der Waals surface area (Å²) in [4.78, 5) is 2.07. The van der Waals surface area contributed by atoms with E-state index < -0.39 is 0 Å². The third-order valence-electron chi connectivity index (χ3n) is 3.17. The molecule has 1 aliphatic heterocycles. The Morgan fingerprint density at radius 3 is 3.06 bits per heavy atom. The fourth-order valence-electron chi connectivity index (χ4n) is 2.22. The third-order valence-corrected chi connectivity index (χ3v) is 3.75. The van der Waals surface area contributed by atoms with Crippen molar-refractivity contribution in [2.75, 3.05) is 18.5 Å². The molecule has 0 radical (unpaired) electrons. The molecule has 1 aromatic rings. The van der Waals surface area contributed by atoms with Gasteiger partial charge in [-0.25, -0.2) is 0 Å². The van der Waals surface area contributed by atoms with Gasteiger partial charge in [0.2, 0.25) is 0 Å². The lowest BCUT2D eigenvalue weighted by molar-refractivity contribution is 0.149. The van der Waals surface area contributed by atoms with Crippen LogP contribution in [0.2, 0.25) is 5.02 Å². The minimum absolute atomic E-state index is 0.137. The van der Waals surface area contributed by atoms with Crippen molar-refractivity contribution in [3.8, 4) is 0 Å². The van der Waals surface area contributed by atoms with E-state index in [1.165, 1.54) is 0 Å². The number of aliphatic hydroxyl groups excluding tert-OH is 1. The molecule has 0 saturated carbocycles. The van der Waals surface area contributed by atoms with Crippen LogP contribution < -0.4 is 5.32 Å². The highest BCUT2D eigenvalue weighted by Crippen LogP contribution is 2.20. The summed E-state index contributed by atoms with van der Waals surface area (Å²) < 4.78 is 0. The summed E-state index contributed by atoms with van der Waals surface area (Å²) in [7, 11) is 0.